The number of nitrogens with one attached hydrogen (secondary N) is 4. The number of H-pyrrole nitrogens is 4. The average molecular weight is 1310 g/mol. The first kappa shape index (κ1) is 41.9. The van der Waals surface area contributed by atoms with E-state index in [0.29, 0.717) is 35.8 Å². The number of aromatic amines is 4. The highest BCUT2D eigenvalue weighted by molar-refractivity contribution is 9.12. The summed E-state index contributed by atoms with van der Waals surface area (Å²) in [6.45, 7) is 0. The Balaban J connectivity index is 1.47. The minimum atomic E-state index is 0.0819. The fourth-order valence-corrected chi connectivity index (χ4v) is 12.2. The molecular weight excluding hydrogens is 1290 g/mol. The van der Waals surface area contributed by atoms with Crippen LogP contribution in [-0.2, 0) is 0 Å². The van der Waals surface area contributed by atoms with Gasteiger partial charge in [-0.1, -0.05) is 0 Å². The molecule has 0 radical (unpaired) electrons. The summed E-state index contributed by atoms with van der Waals surface area (Å²) >= 11 is 28.4. The second-order valence-electron chi connectivity index (χ2n) is 13.8. The summed E-state index contributed by atoms with van der Waals surface area (Å²) in [5, 5.41) is 46.1. The van der Waals surface area contributed by atoms with Crippen LogP contribution in [0.2, 0.25) is 0 Å². The lowest BCUT2D eigenvalue weighted by Crippen LogP contribution is -2.19. The van der Waals surface area contributed by atoms with Gasteiger partial charge in [0.2, 0.25) is 0 Å². The number of hydrogen-bond acceptors (Lipinski definition) is 4. The molecule has 8 N–H and O–H groups in total. The maximum absolute atomic E-state index is 10.8. The lowest BCUT2D eigenvalue weighted by atomic mass is 10.0. The minimum Gasteiger partial charge on any atom is -0.506 e. The highest BCUT2D eigenvalue weighted by Crippen LogP contribution is 2.41. The van der Waals surface area contributed by atoms with E-state index < -0.39 is 0 Å². The van der Waals surface area contributed by atoms with Crippen LogP contribution < -0.4 is 21.4 Å². The van der Waals surface area contributed by atoms with Gasteiger partial charge in [-0.2, -0.15) is 0 Å². The van der Waals surface area contributed by atoms with Gasteiger partial charge in [-0.3, -0.25) is 0 Å². The molecule has 8 nitrogen and oxygen atoms in total. The molecular formula is C44H24Br8N4O4. The van der Waals surface area contributed by atoms with Gasteiger partial charge in [-0.05, 0) is 247 Å². The summed E-state index contributed by atoms with van der Waals surface area (Å²) in [4.78, 5) is 14.9. The molecule has 4 aromatic heterocycles. The summed E-state index contributed by atoms with van der Waals surface area (Å²) in [7, 11) is 0. The molecule has 60 heavy (non-hydrogen) atoms. The van der Waals surface area contributed by atoms with Crippen LogP contribution in [0, 0.1) is 0 Å². The lowest BCUT2D eigenvalue weighted by Gasteiger charge is -2.12. The molecule has 9 rings (SSSR count). The Morgan fingerprint density at radius 3 is 0.633 bits per heavy atom. The van der Waals surface area contributed by atoms with Crippen molar-refractivity contribution in [3.05, 3.63) is 199 Å². The molecule has 1 aliphatic heterocycles. The van der Waals surface area contributed by atoms with Crippen molar-refractivity contribution in [2.24, 2.45) is 0 Å². The van der Waals surface area contributed by atoms with E-state index in [-0.39, 0.29) is 23.0 Å². The van der Waals surface area contributed by atoms with Gasteiger partial charge in [0.05, 0.1) is 35.8 Å². The van der Waals surface area contributed by atoms with Crippen LogP contribution in [0.1, 0.15) is 45.0 Å². The van der Waals surface area contributed by atoms with Crippen LogP contribution in [0.15, 0.2) is 133 Å². The van der Waals surface area contributed by atoms with Crippen LogP contribution in [0.5, 0.6) is 23.0 Å². The number of aromatic nitrogens is 4. The predicted octanol–water partition coefficient (Wildman–Crippen LogP) is 11.2. The average Bonchev–Trinajstić information content (AvgIpc) is 4.05. The fourth-order valence-electron chi connectivity index (χ4n) is 7.41. The van der Waals surface area contributed by atoms with Crippen molar-refractivity contribution in [1.29, 1.82) is 0 Å². The highest BCUT2D eigenvalue weighted by atomic mass is 79.9. The first-order chi connectivity index (χ1) is 28.7. The number of phenols is 4. The topological polar surface area (TPSA) is 144 Å². The summed E-state index contributed by atoms with van der Waals surface area (Å²) in [6, 6.07) is 31.1. The third-order valence-electron chi connectivity index (χ3n) is 10.1. The van der Waals surface area contributed by atoms with Crippen molar-refractivity contribution in [2.45, 2.75) is 0 Å². The molecule has 4 aromatic carbocycles. The van der Waals surface area contributed by atoms with Crippen LogP contribution in [0.4, 0.5) is 0 Å². The first-order valence-electron chi connectivity index (χ1n) is 17.7. The summed E-state index contributed by atoms with van der Waals surface area (Å²) < 4.78 is 4.11. The maximum atomic E-state index is 10.8. The third kappa shape index (κ3) is 7.48. The molecule has 16 heteroatoms. The molecule has 0 amide bonds. The van der Waals surface area contributed by atoms with Crippen LogP contribution in [0.25, 0.3) is 22.3 Å². The molecule has 0 fully saturated rings. The quantitative estimate of drug-likeness (QED) is 0.0888. The van der Waals surface area contributed by atoms with E-state index in [9.17, 15) is 20.4 Å². The van der Waals surface area contributed by atoms with Crippen LogP contribution >= 0.6 is 127 Å². The van der Waals surface area contributed by atoms with E-state index in [1.54, 1.807) is 0 Å². The molecule has 0 aliphatic carbocycles. The molecule has 0 spiro atoms. The zero-order chi connectivity index (χ0) is 42.3. The Kier molecular flexibility index (Phi) is 11.4. The number of phenolic OH excluding ortho intramolecular Hbond substituents is 4. The molecule has 5 heterocycles. The Labute approximate surface area is 407 Å². The Morgan fingerprint density at radius 1 is 0.267 bits per heavy atom. The molecule has 8 bridgehead atoms. The van der Waals surface area contributed by atoms with Gasteiger partial charge in [0, 0.05) is 66.5 Å². The van der Waals surface area contributed by atoms with Crippen molar-refractivity contribution in [2.75, 3.05) is 0 Å². The van der Waals surface area contributed by atoms with Gasteiger partial charge in [0.15, 0.2) is 0 Å². The largest absolute Gasteiger partial charge is 0.506 e. The van der Waals surface area contributed by atoms with Crippen molar-refractivity contribution in [1.82, 2.24) is 19.9 Å². The zero-order valence-corrected chi connectivity index (χ0v) is 42.7. The molecule has 300 valence electrons. The van der Waals surface area contributed by atoms with Crippen molar-refractivity contribution < 1.29 is 20.4 Å². The monoisotopic (exact) mass is 1300 g/mol. The van der Waals surface area contributed by atoms with Crippen molar-refractivity contribution in [3.63, 3.8) is 0 Å². The number of hydrogen-bond donors (Lipinski definition) is 8. The number of fused-ring (bicyclic) bond motifs is 8. The van der Waals surface area contributed by atoms with E-state index in [0.717, 1.165) is 88.7 Å². The van der Waals surface area contributed by atoms with E-state index >= 15 is 0 Å². The van der Waals surface area contributed by atoms with Crippen molar-refractivity contribution in [3.8, 4) is 23.0 Å². The molecule has 0 saturated heterocycles. The molecule has 0 atom stereocenters. The van der Waals surface area contributed by atoms with Gasteiger partial charge < -0.3 is 40.4 Å². The van der Waals surface area contributed by atoms with Gasteiger partial charge in [0.1, 0.15) is 23.0 Å². The van der Waals surface area contributed by atoms with Gasteiger partial charge in [-0.25, -0.2) is 0 Å². The van der Waals surface area contributed by atoms with E-state index in [1.807, 2.05) is 97.1 Å². The second kappa shape index (κ2) is 16.3. The number of halogens is 8. The summed E-state index contributed by atoms with van der Waals surface area (Å²) in [5.41, 5.74) is 9.60. The normalized spacial score (nSPS) is 12.8. The Morgan fingerprint density at radius 2 is 0.450 bits per heavy atom. The lowest BCUT2D eigenvalue weighted by molar-refractivity contribution is 0.468. The number of rotatable bonds is 4. The number of benzene rings is 4. The van der Waals surface area contributed by atoms with Crippen molar-refractivity contribution >= 4 is 150 Å². The SMILES string of the molecule is Oc1c(Br)cc(C2=c3ccc([nH]3)=C(c3cc(Br)c(O)c(Br)c3)c3ccc([nH]3)C(c3cc(Br)c(O)c(Br)c3)=c3ccc([nH]3)=C(c3cc(Br)c(O)c(Br)c3)c3ccc2[nH]3)cc1Br. The van der Waals surface area contributed by atoms with Gasteiger partial charge >= 0.3 is 0 Å². The van der Waals surface area contributed by atoms with Gasteiger partial charge in [-0.15, -0.1) is 0 Å². The van der Waals surface area contributed by atoms with E-state index in [2.05, 4.69) is 147 Å². The Bertz CT molecular complexity index is 2850. The zero-order valence-electron chi connectivity index (χ0n) is 30.1. The Hall–Kier alpha value is -3.48. The fraction of sp³-hybridized carbons (Fsp3) is 0. The van der Waals surface area contributed by atoms with Crippen LogP contribution in [0.3, 0.4) is 0 Å². The standard InChI is InChI=1S/C44H24Br8N4O4/c45-21-9-17(10-22(46)41(21)57)37-29-1-2-30(53-29)38(18-11-23(47)42(58)24(48)12-18)32-5-6-34(55-32)40(20-15-27(51)44(60)28(52)16-20)36-8-7-35(56-36)39(33-4-3-31(37)54-33)19-13-25(49)43(59)26(50)14-19/h1-16,53-60H. The molecule has 1 aliphatic rings. The predicted molar refractivity (Wildman–Crippen MR) is 262 cm³/mol. The molecule has 8 aromatic rings. The molecule has 0 saturated carbocycles. The highest BCUT2D eigenvalue weighted by Gasteiger charge is 2.22. The van der Waals surface area contributed by atoms with E-state index in [1.165, 1.54) is 0 Å². The molecule has 0 unspecified atom stereocenters. The van der Waals surface area contributed by atoms with Crippen LogP contribution in [-0.4, -0.2) is 40.4 Å². The number of aromatic hydroxyl groups is 4. The van der Waals surface area contributed by atoms with Gasteiger partial charge in [0.25, 0.3) is 0 Å². The van der Waals surface area contributed by atoms with E-state index in [4.69, 9.17) is 0 Å². The minimum absolute atomic E-state index is 0.0819. The summed E-state index contributed by atoms with van der Waals surface area (Å²) in [6.07, 6.45) is 0. The third-order valence-corrected chi connectivity index (χ3v) is 15.0. The second-order valence-corrected chi connectivity index (χ2v) is 20.6. The maximum Gasteiger partial charge on any atom is 0.143 e. The first-order valence-corrected chi connectivity index (χ1v) is 24.0. The smallest absolute Gasteiger partial charge is 0.143 e. The summed E-state index contributed by atoms with van der Waals surface area (Å²) in [5.74, 6) is 0.327.